The summed E-state index contributed by atoms with van der Waals surface area (Å²) in [6.45, 7) is 1.27. The molecule has 0 aromatic heterocycles. The first-order chi connectivity index (χ1) is 7.63. The van der Waals surface area contributed by atoms with Crippen molar-refractivity contribution >= 4 is 5.91 Å². The first-order valence-electron chi connectivity index (χ1n) is 5.25. The Morgan fingerprint density at radius 3 is 2.50 bits per heavy atom. The number of aliphatic hydroxyl groups is 2. The van der Waals surface area contributed by atoms with Crippen LogP contribution in [0.1, 0.15) is 12.5 Å². The maximum absolute atomic E-state index is 11.6. The highest BCUT2D eigenvalue weighted by atomic mass is 16.3. The smallest absolute Gasteiger partial charge is 0.224 e. The molecule has 0 bridgehead atoms. The van der Waals surface area contributed by atoms with Crippen molar-refractivity contribution in [1.29, 1.82) is 0 Å². The van der Waals surface area contributed by atoms with Crippen LogP contribution in [-0.2, 0) is 11.2 Å². The lowest BCUT2D eigenvalue weighted by molar-refractivity contribution is -0.122. The van der Waals surface area contributed by atoms with E-state index in [9.17, 15) is 9.90 Å². The lowest BCUT2D eigenvalue weighted by Crippen LogP contribution is -2.45. The van der Waals surface area contributed by atoms with Crippen LogP contribution >= 0.6 is 0 Å². The van der Waals surface area contributed by atoms with Gasteiger partial charge in [0.25, 0.3) is 0 Å². The molecule has 0 saturated heterocycles. The van der Waals surface area contributed by atoms with Crippen molar-refractivity contribution in [2.24, 2.45) is 0 Å². The molecule has 1 amide bonds. The summed E-state index contributed by atoms with van der Waals surface area (Å²) in [5.74, 6) is -0.203. The second kappa shape index (κ2) is 6.25. The second-order valence-corrected chi connectivity index (χ2v) is 3.76. The van der Waals surface area contributed by atoms with Gasteiger partial charge in [0, 0.05) is 0 Å². The van der Waals surface area contributed by atoms with Gasteiger partial charge in [0.05, 0.1) is 25.2 Å². The number of carbonyl (C=O) groups is 1. The summed E-state index contributed by atoms with van der Waals surface area (Å²) in [6.07, 6.45) is -0.505. The summed E-state index contributed by atoms with van der Waals surface area (Å²) < 4.78 is 0. The molecule has 0 fully saturated rings. The van der Waals surface area contributed by atoms with Crippen molar-refractivity contribution < 1.29 is 15.0 Å². The Kier molecular flexibility index (Phi) is 4.95. The fraction of sp³-hybridized carbons (Fsp3) is 0.417. The molecule has 4 heteroatoms. The van der Waals surface area contributed by atoms with E-state index in [-0.39, 0.29) is 18.9 Å². The first kappa shape index (κ1) is 12.7. The maximum atomic E-state index is 11.6. The monoisotopic (exact) mass is 223 g/mol. The Labute approximate surface area is 94.9 Å². The minimum Gasteiger partial charge on any atom is -0.394 e. The Balaban J connectivity index is 2.47. The number of hydrogen-bond acceptors (Lipinski definition) is 3. The van der Waals surface area contributed by atoms with Crippen LogP contribution in [0.2, 0.25) is 0 Å². The van der Waals surface area contributed by atoms with Gasteiger partial charge in [0.2, 0.25) is 5.91 Å². The molecule has 0 spiro atoms. The van der Waals surface area contributed by atoms with Crippen molar-refractivity contribution in [3.8, 4) is 0 Å². The Bertz CT molecular complexity index is 324. The van der Waals surface area contributed by atoms with Crippen LogP contribution in [0.4, 0.5) is 0 Å². The molecule has 0 aliphatic rings. The molecule has 1 aromatic carbocycles. The third kappa shape index (κ3) is 4.00. The molecule has 88 valence electrons. The lowest BCUT2D eigenvalue weighted by atomic mass is 10.1. The average molecular weight is 223 g/mol. The van der Waals surface area contributed by atoms with E-state index in [1.807, 2.05) is 30.3 Å². The highest BCUT2D eigenvalue weighted by molar-refractivity contribution is 5.78. The van der Waals surface area contributed by atoms with Gasteiger partial charge in [-0.15, -0.1) is 0 Å². The fourth-order valence-corrected chi connectivity index (χ4v) is 1.36. The topological polar surface area (TPSA) is 69.6 Å². The largest absolute Gasteiger partial charge is 0.394 e. The molecule has 0 aliphatic heterocycles. The molecule has 2 atom stereocenters. The van der Waals surface area contributed by atoms with Gasteiger partial charge in [0.15, 0.2) is 0 Å². The third-order valence-corrected chi connectivity index (χ3v) is 2.33. The summed E-state index contributed by atoms with van der Waals surface area (Å²) in [4.78, 5) is 11.6. The van der Waals surface area contributed by atoms with E-state index in [0.717, 1.165) is 5.56 Å². The zero-order chi connectivity index (χ0) is 12.0. The predicted molar refractivity (Wildman–Crippen MR) is 60.8 cm³/mol. The van der Waals surface area contributed by atoms with Crippen molar-refractivity contribution in [2.45, 2.75) is 25.5 Å². The highest BCUT2D eigenvalue weighted by Gasteiger charge is 2.16. The molecule has 4 nitrogen and oxygen atoms in total. The van der Waals surface area contributed by atoms with Gasteiger partial charge < -0.3 is 15.5 Å². The molecule has 3 N–H and O–H groups in total. The number of amides is 1. The normalized spacial score (nSPS) is 14.2. The van der Waals surface area contributed by atoms with Crippen molar-refractivity contribution in [3.63, 3.8) is 0 Å². The molecule has 0 unspecified atom stereocenters. The number of hydrogen-bond donors (Lipinski definition) is 3. The molecule has 0 radical (unpaired) electrons. The van der Waals surface area contributed by atoms with Crippen LogP contribution in [0, 0.1) is 0 Å². The van der Waals surface area contributed by atoms with Gasteiger partial charge in [-0.3, -0.25) is 4.79 Å². The van der Waals surface area contributed by atoms with E-state index in [2.05, 4.69) is 5.32 Å². The lowest BCUT2D eigenvalue weighted by Gasteiger charge is -2.18. The zero-order valence-electron chi connectivity index (χ0n) is 9.26. The van der Waals surface area contributed by atoms with E-state index in [1.54, 1.807) is 0 Å². The number of rotatable bonds is 5. The predicted octanol–water partition coefficient (Wildman–Crippen LogP) is 0.0870. The molecular weight excluding hydrogens is 206 g/mol. The Hall–Kier alpha value is -1.39. The number of nitrogens with one attached hydrogen (secondary N) is 1. The summed E-state index contributed by atoms with van der Waals surface area (Å²) in [7, 11) is 0. The van der Waals surface area contributed by atoms with Crippen LogP contribution in [0.3, 0.4) is 0 Å². The van der Waals surface area contributed by atoms with Gasteiger partial charge in [0.1, 0.15) is 0 Å². The molecule has 16 heavy (non-hydrogen) atoms. The van der Waals surface area contributed by atoms with Crippen LogP contribution in [0.5, 0.6) is 0 Å². The third-order valence-electron chi connectivity index (χ3n) is 2.33. The van der Waals surface area contributed by atoms with Crippen LogP contribution in [0.25, 0.3) is 0 Å². The van der Waals surface area contributed by atoms with E-state index in [1.165, 1.54) is 6.92 Å². The SMILES string of the molecule is C[C@H](O)[C@@H](CO)NC(=O)Cc1ccccc1. The summed E-state index contributed by atoms with van der Waals surface area (Å²) in [6, 6.07) is 8.72. The minimum absolute atomic E-state index is 0.203. The quantitative estimate of drug-likeness (QED) is 0.662. The van der Waals surface area contributed by atoms with Crippen LogP contribution < -0.4 is 5.32 Å². The number of aliphatic hydroxyl groups excluding tert-OH is 2. The van der Waals surface area contributed by atoms with Gasteiger partial charge in [-0.1, -0.05) is 30.3 Å². The van der Waals surface area contributed by atoms with Crippen LogP contribution in [-0.4, -0.2) is 34.9 Å². The molecular formula is C12H17NO3. The van der Waals surface area contributed by atoms with E-state index in [4.69, 9.17) is 5.11 Å². The summed E-state index contributed by atoms with van der Waals surface area (Å²) in [5.41, 5.74) is 0.905. The van der Waals surface area contributed by atoms with Gasteiger partial charge in [-0.2, -0.15) is 0 Å². The molecule has 0 saturated carbocycles. The standard InChI is InChI=1S/C12H17NO3/c1-9(15)11(8-14)13-12(16)7-10-5-3-2-4-6-10/h2-6,9,11,14-15H,7-8H2,1H3,(H,13,16)/t9-,11+/m0/s1. The zero-order valence-corrected chi connectivity index (χ0v) is 9.26. The molecule has 0 aliphatic carbocycles. The van der Waals surface area contributed by atoms with E-state index in [0.29, 0.717) is 0 Å². The van der Waals surface area contributed by atoms with Crippen molar-refractivity contribution in [3.05, 3.63) is 35.9 Å². The van der Waals surface area contributed by atoms with Crippen molar-refractivity contribution in [2.75, 3.05) is 6.61 Å². The maximum Gasteiger partial charge on any atom is 0.224 e. The van der Waals surface area contributed by atoms with Crippen LogP contribution in [0.15, 0.2) is 30.3 Å². The Morgan fingerprint density at radius 2 is 2.00 bits per heavy atom. The second-order valence-electron chi connectivity index (χ2n) is 3.76. The molecule has 1 rings (SSSR count). The van der Waals surface area contributed by atoms with Crippen molar-refractivity contribution in [1.82, 2.24) is 5.32 Å². The highest BCUT2D eigenvalue weighted by Crippen LogP contribution is 2.00. The van der Waals surface area contributed by atoms with Gasteiger partial charge in [-0.05, 0) is 12.5 Å². The Morgan fingerprint density at radius 1 is 1.38 bits per heavy atom. The first-order valence-corrected chi connectivity index (χ1v) is 5.25. The minimum atomic E-state index is -0.760. The number of carbonyl (C=O) groups excluding carboxylic acids is 1. The fourth-order valence-electron chi connectivity index (χ4n) is 1.36. The van der Waals surface area contributed by atoms with E-state index >= 15 is 0 Å². The summed E-state index contributed by atoms with van der Waals surface area (Å²) >= 11 is 0. The number of benzene rings is 1. The van der Waals surface area contributed by atoms with Gasteiger partial charge in [-0.25, -0.2) is 0 Å². The average Bonchev–Trinajstić information content (AvgIpc) is 2.27. The van der Waals surface area contributed by atoms with E-state index < -0.39 is 12.1 Å². The molecule has 1 aromatic rings. The summed E-state index contributed by atoms with van der Waals surface area (Å²) in [5, 5.41) is 20.8. The molecule has 0 heterocycles. The van der Waals surface area contributed by atoms with Gasteiger partial charge >= 0.3 is 0 Å².